The number of fused-ring (bicyclic) bond motifs is 1. The molecule has 0 aromatic heterocycles. The van der Waals surface area contributed by atoms with E-state index in [4.69, 9.17) is 0 Å². The van der Waals surface area contributed by atoms with Crippen molar-refractivity contribution in [2.45, 2.75) is 7.47 Å². The maximum absolute atomic E-state index is 12.3. The van der Waals surface area contributed by atoms with Crippen LogP contribution in [-0.4, -0.2) is 19.0 Å². The number of benzene rings is 2. The summed E-state index contributed by atoms with van der Waals surface area (Å²) in [5, 5.41) is 1.85. The summed E-state index contributed by atoms with van der Waals surface area (Å²) in [6.07, 6.45) is 0. The smallest absolute Gasteiger partial charge is 0.187 e. The SMILES string of the molecule is O=C(c1cc2ccccc2cc1C(=O)C(Br)Br)C(Br)Br. The number of carbonyl (C=O) groups is 2. The first kappa shape index (κ1) is 16.3. The number of hydrogen-bond acceptors (Lipinski definition) is 2. The van der Waals surface area contributed by atoms with Gasteiger partial charge < -0.3 is 0 Å². The van der Waals surface area contributed by atoms with E-state index >= 15 is 0 Å². The standard InChI is InChI=1S/C14H8Br4O2/c15-13(16)11(19)9-5-7-3-1-2-4-8(7)6-10(9)12(20)14(17)18/h1-6,13-14H. The van der Waals surface area contributed by atoms with Crippen LogP contribution in [0.1, 0.15) is 20.7 Å². The van der Waals surface area contributed by atoms with Gasteiger partial charge in [-0.15, -0.1) is 0 Å². The van der Waals surface area contributed by atoms with Gasteiger partial charge in [-0.3, -0.25) is 9.59 Å². The topological polar surface area (TPSA) is 34.1 Å². The van der Waals surface area contributed by atoms with Crippen LogP contribution < -0.4 is 0 Å². The van der Waals surface area contributed by atoms with Gasteiger partial charge in [-0.25, -0.2) is 0 Å². The molecule has 0 heterocycles. The summed E-state index contributed by atoms with van der Waals surface area (Å²) < 4.78 is -1.04. The molecule has 104 valence electrons. The quantitative estimate of drug-likeness (QED) is 0.392. The second kappa shape index (κ2) is 6.81. The average Bonchev–Trinajstić information content (AvgIpc) is 2.44. The lowest BCUT2D eigenvalue weighted by atomic mass is 9.96. The molecule has 0 aliphatic carbocycles. The maximum atomic E-state index is 12.3. The Balaban J connectivity index is 2.71. The molecule has 0 spiro atoms. The Morgan fingerprint density at radius 3 is 1.40 bits per heavy atom. The van der Waals surface area contributed by atoms with Gasteiger partial charge >= 0.3 is 0 Å². The molecule has 2 nitrogen and oxygen atoms in total. The minimum absolute atomic E-state index is 0.181. The van der Waals surface area contributed by atoms with Crippen molar-refractivity contribution in [2.75, 3.05) is 0 Å². The number of ketones is 2. The van der Waals surface area contributed by atoms with Gasteiger partial charge in [0.1, 0.15) is 7.47 Å². The van der Waals surface area contributed by atoms with Gasteiger partial charge in [-0.05, 0) is 22.9 Å². The minimum Gasteiger partial charge on any atom is -0.292 e. The van der Waals surface area contributed by atoms with Crippen molar-refractivity contribution in [3.8, 4) is 0 Å². The first-order valence-corrected chi connectivity index (χ1v) is 9.25. The van der Waals surface area contributed by atoms with Crippen LogP contribution in [0.3, 0.4) is 0 Å². The predicted octanol–water partition coefficient (Wildman–Crippen LogP) is 5.44. The molecule has 0 unspecified atom stereocenters. The summed E-state index contributed by atoms with van der Waals surface area (Å²) in [4.78, 5) is 24.5. The Kier molecular flexibility index (Phi) is 5.56. The van der Waals surface area contributed by atoms with E-state index in [0.717, 1.165) is 10.8 Å². The van der Waals surface area contributed by atoms with Gasteiger partial charge in [0.15, 0.2) is 11.6 Å². The predicted molar refractivity (Wildman–Crippen MR) is 95.9 cm³/mol. The van der Waals surface area contributed by atoms with Crippen molar-refractivity contribution in [2.24, 2.45) is 0 Å². The first-order valence-electron chi connectivity index (χ1n) is 5.59. The monoisotopic (exact) mass is 524 g/mol. The van der Waals surface area contributed by atoms with Gasteiger partial charge in [0, 0.05) is 11.1 Å². The molecule has 0 saturated heterocycles. The third-order valence-electron chi connectivity index (χ3n) is 2.81. The Morgan fingerprint density at radius 1 is 0.750 bits per heavy atom. The molecule has 6 heteroatoms. The molecule has 0 atom stereocenters. The fourth-order valence-electron chi connectivity index (χ4n) is 1.88. The molecule has 0 aliphatic rings. The zero-order valence-corrected chi connectivity index (χ0v) is 16.3. The van der Waals surface area contributed by atoms with Crippen molar-refractivity contribution in [3.63, 3.8) is 0 Å². The molecule has 0 amide bonds. The molecule has 0 bridgehead atoms. The number of alkyl halides is 4. The number of halogens is 4. The van der Waals surface area contributed by atoms with Gasteiger partial charge in [0.2, 0.25) is 0 Å². The highest BCUT2D eigenvalue weighted by Gasteiger charge is 2.24. The lowest BCUT2D eigenvalue weighted by molar-refractivity contribution is 0.0981. The van der Waals surface area contributed by atoms with Crippen LogP contribution in [0.15, 0.2) is 36.4 Å². The average molecular weight is 528 g/mol. The van der Waals surface area contributed by atoms with Crippen molar-refractivity contribution in [1.82, 2.24) is 0 Å². The fourth-order valence-corrected chi connectivity index (χ4v) is 2.87. The van der Waals surface area contributed by atoms with E-state index in [0.29, 0.717) is 11.1 Å². The Hall–Kier alpha value is -0.0400. The summed E-state index contributed by atoms with van der Waals surface area (Å²) in [6, 6.07) is 11.1. The molecule has 2 rings (SSSR count). The van der Waals surface area contributed by atoms with Crippen molar-refractivity contribution in [3.05, 3.63) is 47.5 Å². The molecule has 0 fully saturated rings. The summed E-state index contributed by atoms with van der Waals surface area (Å²) >= 11 is 12.8. The highest BCUT2D eigenvalue weighted by molar-refractivity contribution is 9.25. The molecule has 0 aliphatic heterocycles. The van der Waals surface area contributed by atoms with Crippen molar-refractivity contribution in [1.29, 1.82) is 0 Å². The van der Waals surface area contributed by atoms with Crippen LogP contribution in [0.2, 0.25) is 0 Å². The van der Waals surface area contributed by atoms with E-state index in [2.05, 4.69) is 63.7 Å². The summed E-state index contributed by atoms with van der Waals surface area (Å²) in [7, 11) is 0. The van der Waals surface area contributed by atoms with Gasteiger partial charge in [-0.2, -0.15) is 0 Å². The van der Waals surface area contributed by atoms with Crippen LogP contribution >= 0.6 is 63.7 Å². The van der Waals surface area contributed by atoms with Crippen molar-refractivity contribution >= 4 is 86.1 Å². The molecule has 0 saturated carbocycles. The number of hydrogen-bond donors (Lipinski definition) is 0. The summed E-state index contributed by atoms with van der Waals surface area (Å²) in [5.74, 6) is -0.362. The normalized spacial score (nSPS) is 11.3. The maximum Gasteiger partial charge on any atom is 0.187 e. The van der Waals surface area contributed by atoms with E-state index in [1.54, 1.807) is 12.1 Å². The second-order valence-electron chi connectivity index (χ2n) is 4.07. The van der Waals surface area contributed by atoms with Gasteiger partial charge in [-0.1, -0.05) is 88.0 Å². The van der Waals surface area contributed by atoms with E-state index in [1.165, 1.54) is 0 Å². The van der Waals surface area contributed by atoms with Crippen LogP contribution in [0, 0.1) is 0 Å². The van der Waals surface area contributed by atoms with E-state index in [-0.39, 0.29) is 11.6 Å². The molecule has 2 aromatic rings. The molecule has 0 radical (unpaired) electrons. The molecule has 0 N–H and O–H groups in total. The van der Waals surface area contributed by atoms with Crippen LogP contribution in [0.25, 0.3) is 10.8 Å². The zero-order chi connectivity index (χ0) is 14.9. The van der Waals surface area contributed by atoms with Crippen LogP contribution in [0.4, 0.5) is 0 Å². The molecular weight excluding hydrogens is 520 g/mol. The van der Waals surface area contributed by atoms with Gasteiger partial charge in [0.25, 0.3) is 0 Å². The fraction of sp³-hybridized carbons (Fsp3) is 0.143. The van der Waals surface area contributed by atoms with Crippen LogP contribution in [0.5, 0.6) is 0 Å². The van der Waals surface area contributed by atoms with Gasteiger partial charge in [0.05, 0.1) is 0 Å². The Morgan fingerprint density at radius 2 is 1.10 bits per heavy atom. The Labute approximate surface area is 149 Å². The van der Waals surface area contributed by atoms with Crippen LogP contribution in [-0.2, 0) is 0 Å². The number of rotatable bonds is 4. The number of Topliss-reactive ketones (excluding diaryl/α,β-unsaturated/α-hetero) is 2. The minimum atomic E-state index is -0.521. The lowest BCUT2D eigenvalue weighted by Gasteiger charge is -2.11. The van der Waals surface area contributed by atoms with Crippen molar-refractivity contribution < 1.29 is 9.59 Å². The highest BCUT2D eigenvalue weighted by Crippen LogP contribution is 2.27. The summed E-state index contributed by atoms with van der Waals surface area (Å²) in [5.41, 5.74) is 0.799. The second-order valence-corrected chi connectivity index (χ2v) is 10.2. The largest absolute Gasteiger partial charge is 0.292 e. The number of carbonyl (C=O) groups excluding carboxylic acids is 2. The lowest BCUT2D eigenvalue weighted by Crippen LogP contribution is -2.16. The molecule has 20 heavy (non-hydrogen) atoms. The third kappa shape index (κ3) is 3.40. The third-order valence-corrected chi connectivity index (χ3v) is 4.48. The zero-order valence-electron chi connectivity index (χ0n) is 9.95. The van der Waals surface area contributed by atoms with E-state index < -0.39 is 7.47 Å². The van der Waals surface area contributed by atoms with E-state index in [9.17, 15) is 9.59 Å². The summed E-state index contributed by atoms with van der Waals surface area (Å²) in [6.45, 7) is 0. The van der Waals surface area contributed by atoms with E-state index in [1.807, 2.05) is 24.3 Å². The first-order chi connectivity index (χ1) is 9.41. The molecule has 2 aromatic carbocycles. The Bertz CT molecular complexity index is 621. The highest BCUT2D eigenvalue weighted by atomic mass is 79.9. The molecular formula is C14H8Br4O2.